The van der Waals surface area contributed by atoms with Crippen molar-refractivity contribution in [3.8, 4) is 0 Å². The summed E-state index contributed by atoms with van der Waals surface area (Å²) in [6.07, 6.45) is 2.49. The molecule has 0 atom stereocenters. The van der Waals surface area contributed by atoms with Gasteiger partial charge in [-0.3, -0.25) is 0 Å². The standard InChI is InChI=1S/C17H16N6O2S3/c24-28(25,14-6-1-4-12-15(14)21-27-20-12)23-9-3-8-22(10-11-23)17-19-13-5-2-7-18-16(13)26-17/h1-2,4-7H,3,8-11H2. The van der Waals surface area contributed by atoms with Crippen LogP contribution in [0.2, 0.25) is 0 Å². The fraction of sp³-hybridized carbons (Fsp3) is 0.294. The number of nitrogens with zero attached hydrogens (tertiary/aromatic N) is 6. The fourth-order valence-corrected chi connectivity index (χ4v) is 6.53. The average molecular weight is 433 g/mol. The van der Waals surface area contributed by atoms with Crippen molar-refractivity contribution >= 4 is 59.6 Å². The van der Waals surface area contributed by atoms with E-state index in [9.17, 15) is 8.42 Å². The highest BCUT2D eigenvalue weighted by Gasteiger charge is 2.30. The number of pyridine rings is 1. The van der Waals surface area contributed by atoms with Crippen LogP contribution in [0.25, 0.3) is 21.4 Å². The number of hydrogen-bond acceptors (Lipinski definition) is 9. The zero-order valence-corrected chi connectivity index (χ0v) is 17.2. The first-order valence-corrected chi connectivity index (χ1v) is 11.8. The second-order valence-electron chi connectivity index (χ2n) is 6.46. The van der Waals surface area contributed by atoms with Crippen LogP contribution in [-0.4, -0.2) is 57.6 Å². The molecule has 1 saturated heterocycles. The minimum Gasteiger partial charge on any atom is -0.347 e. The van der Waals surface area contributed by atoms with Crippen molar-refractivity contribution in [1.29, 1.82) is 0 Å². The predicted molar refractivity (Wildman–Crippen MR) is 110 cm³/mol. The molecular weight excluding hydrogens is 416 g/mol. The normalized spacial score (nSPS) is 16.6. The monoisotopic (exact) mass is 432 g/mol. The van der Waals surface area contributed by atoms with E-state index in [0.717, 1.165) is 40.2 Å². The number of benzene rings is 1. The molecule has 28 heavy (non-hydrogen) atoms. The first-order chi connectivity index (χ1) is 13.6. The minimum atomic E-state index is -3.63. The van der Waals surface area contributed by atoms with Crippen molar-refractivity contribution in [1.82, 2.24) is 23.0 Å². The molecule has 11 heteroatoms. The van der Waals surface area contributed by atoms with Gasteiger partial charge in [-0.1, -0.05) is 17.4 Å². The van der Waals surface area contributed by atoms with Crippen molar-refractivity contribution in [3.05, 3.63) is 36.5 Å². The van der Waals surface area contributed by atoms with E-state index in [1.807, 2.05) is 12.1 Å². The number of thiazole rings is 1. The smallest absolute Gasteiger partial charge is 0.245 e. The molecule has 0 spiro atoms. The van der Waals surface area contributed by atoms with E-state index >= 15 is 0 Å². The van der Waals surface area contributed by atoms with Crippen LogP contribution in [0, 0.1) is 0 Å². The van der Waals surface area contributed by atoms with Gasteiger partial charge in [0.15, 0.2) is 5.13 Å². The quantitative estimate of drug-likeness (QED) is 0.491. The summed E-state index contributed by atoms with van der Waals surface area (Å²) in [7, 11) is -3.63. The Morgan fingerprint density at radius 3 is 2.75 bits per heavy atom. The van der Waals surface area contributed by atoms with Crippen LogP contribution >= 0.6 is 23.1 Å². The molecule has 4 heterocycles. The molecular formula is C17H16N6O2S3. The Bertz CT molecular complexity index is 1220. The van der Waals surface area contributed by atoms with E-state index in [1.54, 1.807) is 40.0 Å². The lowest BCUT2D eigenvalue weighted by molar-refractivity contribution is 0.433. The van der Waals surface area contributed by atoms with Crippen LogP contribution in [0.5, 0.6) is 0 Å². The fourth-order valence-electron chi connectivity index (χ4n) is 3.35. The van der Waals surface area contributed by atoms with E-state index in [1.165, 1.54) is 0 Å². The molecule has 1 aromatic carbocycles. The molecule has 0 aliphatic carbocycles. The van der Waals surface area contributed by atoms with E-state index in [-0.39, 0.29) is 4.90 Å². The molecule has 1 aliphatic heterocycles. The highest BCUT2D eigenvalue weighted by molar-refractivity contribution is 7.89. The maximum Gasteiger partial charge on any atom is 0.245 e. The third-order valence-electron chi connectivity index (χ3n) is 4.75. The molecule has 1 aliphatic rings. The van der Waals surface area contributed by atoms with Crippen LogP contribution in [-0.2, 0) is 10.0 Å². The van der Waals surface area contributed by atoms with Gasteiger partial charge in [-0.2, -0.15) is 13.1 Å². The summed E-state index contributed by atoms with van der Waals surface area (Å²) < 4.78 is 36.4. The first-order valence-electron chi connectivity index (χ1n) is 8.81. The summed E-state index contributed by atoms with van der Waals surface area (Å²) in [4.78, 5) is 12.3. The summed E-state index contributed by atoms with van der Waals surface area (Å²) in [5.74, 6) is 0. The third-order valence-corrected chi connectivity index (χ3v) is 8.26. The lowest BCUT2D eigenvalue weighted by atomic mass is 10.3. The van der Waals surface area contributed by atoms with Crippen LogP contribution in [0.3, 0.4) is 0 Å². The van der Waals surface area contributed by atoms with Crippen LogP contribution in [0.1, 0.15) is 6.42 Å². The summed E-state index contributed by atoms with van der Waals surface area (Å²) >= 11 is 2.57. The van der Waals surface area contributed by atoms with Crippen molar-refractivity contribution < 1.29 is 8.42 Å². The molecule has 0 radical (unpaired) electrons. The highest BCUT2D eigenvalue weighted by atomic mass is 32.2. The number of rotatable bonds is 3. The number of anilines is 1. The van der Waals surface area contributed by atoms with Crippen molar-refractivity contribution in [2.75, 3.05) is 31.1 Å². The van der Waals surface area contributed by atoms with Crippen molar-refractivity contribution in [2.24, 2.45) is 0 Å². The maximum absolute atomic E-state index is 13.3. The van der Waals surface area contributed by atoms with Gasteiger partial charge >= 0.3 is 0 Å². The second-order valence-corrected chi connectivity index (χ2v) is 9.85. The van der Waals surface area contributed by atoms with E-state index in [2.05, 4.69) is 23.6 Å². The molecule has 144 valence electrons. The molecule has 0 bridgehead atoms. The highest BCUT2D eigenvalue weighted by Crippen LogP contribution is 2.29. The Hall–Kier alpha value is -2.21. The van der Waals surface area contributed by atoms with Crippen molar-refractivity contribution in [2.45, 2.75) is 11.3 Å². The summed E-state index contributed by atoms with van der Waals surface area (Å²) in [6, 6.07) is 8.93. The SMILES string of the molecule is O=S(=O)(c1cccc2nsnc12)N1CCCN(c2nc3cccnc3s2)CC1. The van der Waals surface area contributed by atoms with Gasteiger partial charge in [-0.25, -0.2) is 18.4 Å². The third kappa shape index (κ3) is 3.04. The van der Waals surface area contributed by atoms with E-state index in [0.29, 0.717) is 30.7 Å². The van der Waals surface area contributed by atoms with E-state index < -0.39 is 10.0 Å². The number of sulfonamides is 1. The van der Waals surface area contributed by atoms with Crippen LogP contribution in [0.4, 0.5) is 5.13 Å². The maximum atomic E-state index is 13.3. The lowest BCUT2D eigenvalue weighted by Gasteiger charge is -2.21. The first kappa shape index (κ1) is 17.9. The van der Waals surface area contributed by atoms with Gasteiger partial charge in [0.05, 0.1) is 11.7 Å². The minimum absolute atomic E-state index is 0.233. The number of aromatic nitrogens is 4. The molecule has 8 nitrogen and oxygen atoms in total. The van der Waals surface area contributed by atoms with Crippen LogP contribution < -0.4 is 4.90 Å². The van der Waals surface area contributed by atoms with Gasteiger partial charge < -0.3 is 4.90 Å². The van der Waals surface area contributed by atoms with Gasteiger partial charge in [-0.05, 0) is 30.7 Å². The molecule has 4 aromatic rings. The Morgan fingerprint density at radius 2 is 1.86 bits per heavy atom. The zero-order valence-electron chi connectivity index (χ0n) is 14.7. The largest absolute Gasteiger partial charge is 0.347 e. The number of fused-ring (bicyclic) bond motifs is 2. The van der Waals surface area contributed by atoms with Crippen molar-refractivity contribution in [3.63, 3.8) is 0 Å². The molecule has 1 fully saturated rings. The molecule has 3 aromatic heterocycles. The average Bonchev–Trinajstić information content (AvgIpc) is 3.27. The second kappa shape index (κ2) is 6.99. The van der Waals surface area contributed by atoms with Gasteiger partial charge in [0.2, 0.25) is 10.0 Å². The molecule has 0 amide bonds. The predicted octanol–water partition coefficient (Wildman–Crippen LogP) is 2.60. The topological polar surface area (TPSA) is 92.2 Å². The Balaban J connectivity index is 1.41. The summed E-state index contributed by atoms with van der Waals surface area (Å²) in [5, 5.41) is 0.888. The summed E-state index contributed by atoms with van der Waals surface area (Å²) in [6.45, 7) is 2.22. The van der Waals surface area contributed by atoms with Gasteiger partial charge in [0.1, 0.15) is 26.3 Å². The van der Waals surface area contributed by atoms with Gasteiger partial charge in [0.25, 0.3) is 0 Å². The molecule has 0 N–H and O–H groups in total. The molecule has 0 unspecified atom stereocenters. The molecule has 5 rings (SSSR count). The Morgan fingerprint density at radius 1 is 0.964 bits per heavy atom. The lowest BCUT2D eigenvalue weighted by Crippen LogP contribution is -2.35. The Labute approximate surface area is 169 Å². The molecule has 0 saturated carbocycles. The number of hydrogen-bond donors (Lipinski definition) is 0. The van der Waals surface area contributed by atoms with E-state index in [4.69, 9.17) is 0 Å². The van der Waals surface area contributed by atoms with Gasteiger partial charge in [0, 0.05) is 32.4 Å². The summed E-state index contributed by atoms with van der Waals surface area (Å²) in [5.41, 5.74) is 1.94. The van der Waals surface area contributed by atoms with Crippen LogP contribution in [0.15, 0.2) is 41.4 Å². The zero-order chi connectivity index (χ0) is 19.1. The van der Waals surface area contributed by atoms with Gasteiger partial charge in [-0.15, -0.1) is 0 Å². The Kier molecular flexibility index (Phi) is 4.46.